The molecule has 0 saturated heterocycles. The second kappa shape index (κ2) is 7.74. The Balaban J connectivity index is 0.000000139. The minimum atomic E-state index is -1.41. The molecule has 2 heteroatoms. The molecular formula is C31H33NSi. The van der Waals surface area contributed by atoms with E-state index in [9.17, 15) is 0 Å². The Hall–Kier alpha value is -3.10. The van der Waals surface area contributed by atoms with Crippen molar-refractivity contribution in [1.82, 2.24) is 0 Å². The van der Waals surface area contributed by atoms with Crippen molar-refractivity contribution in [3.05, 3.63) is 108 Å². The molecule has 6 rings (SSSR count). The van der Waals surface area contributed by atoms with E-state index < -0.39 is 8.07 Å². The number of rotatable bonds is 0. The molecule has 0 aliphatic carbocycles. The number of benzene rings is 4. The summed E-state index contributed by atoms with van der Waals surface area (Å²) in [4.78, 5) is 2.29. The first-order valence-electron chi connectivity index (χ1n) is 11.9. The molecule has 0 radical (unpaired) electrons. The number of aryl methyl sites for hydroxylation is 1. The molecule has 2 aliphatic rings. The Morgan fingerprint density at radius 3 is 1.79 bits per heavy atom. The summed E-state index contributed by atoms with van der Waals surface area (Å²) in [5.74, 6) is 0. The zero-order chi connectivity index (χ0) is 23.4. The minimum absolute atomic E-state index is 0.0830. The first-order chi connectivity index (χ1) is 15.7. The Bertz CT molecular complexity index is 1300. The lowest BCUT2D eigenvalue weighted by Gasteiger charge is -2.40. The maximum Gasteiger partial charge on any atom is 0.113 e. The molecule has 0 bridgehead atoms. The lowest BCUT2D eigenvalue weighted by Crippen LogP contribution is -2.49. The Labute approximate surface area is 199 Å². The van der Waals surface area contributed by atoms with Crippen LogP contribution in [0, 0.1) is 6.92 Å². The third-order valence-electron chi connectivity index (χ3n) is 7.62. The topological polar surface area (TPSA) is 3.24 Å². The zero-order valence-electron chi connectivity index (χ0n) is 20.6. The van der Waals surface area contributed by atoms with Crippen molar-refractivity contribution in [1.29, 1.82) is 0 Å². The third kappa shape index (κ3) is 3.36. The van der Waals surface area contributed by atoms with E-state index >= 15 is 0 Å². The SMILES string of the molecule is CN1c2ccccc2C(C)(C)c2ccccc21.Cc1ccc2c(c1)[Si](C)(C)c1ccccc1-2. The largest absolute Gasteiger partial charge is 0.344 e. The first kappa shape index (κ1) is 21.7. The van der Waals surface area contributed by atoms with Crippen LogP contribution in [0.15, 0.2) is 91.0 Å². The van der Waals surface area contributed by atoms with Crippen LogP contribution in [0.4, 0.5) is 11.4 Å². The van der Waals surface area contributed by atoms with Crippen molar-refractivity contribution in [3.63, 3.8) is 0 Å². The van der Waals surface area contributed by atoms with Gasteiger partial charge in [0.2, 0.25) is 0 Å². The van der Waals surface area contributed by atoms with Crippen molar-refractivity contribution >= 4 is 29.8 Å². The summed E-state index contributed by atoms with van der Waals surface area (Å²) in [5, 5.41) is 3.20. The van der Waals surface area contributed by atoms with Crippen molar-refractivity contribution in [2.24, 2.45) is 0 Å². The summed E-state index contributed by atoms with van der Waals surface area (Å²) in [6, 6.07) is 33.2. The van der Waals surface area contributed by atoms with E-state index in [1.807, 2.05) is 0 Å². The Kier molecular flexibility index (Phi) is 5.10. The molecule has 2 aliphatic heterocycles. The molecule has 0 unspecified atom stereocenters. The van der Waals surface area contributed by atoms with Gasteiger partial charge in [-0.2, -0.15) is 0 Å². The zero-order valence-corrected chi connectivity index (χ0v) is 21.6. The van der Waals surface area contributed by atoms with Gasteiger partial charge in [-0.3, -0.25) is 0 Å². The molecule has 0 N–H and O–H groups in total. The third-order valence-corrected chi connectivity index (χ3v) is 11.2. The molecule has 0 aromatic heterocycles. The smallest absolute Gasteiger partial charge is 0.113 e. The molecule has 33 heavy (non-hydrogen) atoms. The highest BCUT2D eigenvalue weighted by Crippen LogP contribution is 2.47. The van der Waals surface area contributed by atoms with Gasteiger partial charge in [0, 0.05) is 23.8 Å². The molecule has 0 saturated carbocycles. The fourth-order valence-electron chi connectivity index (χ4n) is 5.68. The maximum absolute atomic E-state index is 2.46. The molecule has 166 valence electrons. The first-order valence-corrected chi connectivity index (χ1v) is 14.9. The lowest BCUT2D eigenvalue weighted by atomic mass is 9.74. The maximum atomic E-state index is 2.46. The highest BCUT2D eigenvalue weighted by atomic mass is 28.3. The summed E-state index contributed by atoms with van der Waals surface area (Å²) < 4.78 is 0. The van der Waals surface area contributed by atoms with E-state index in [0.717, 1.165) is 0 Å². The molecule has 0 fully saturated rings. The number of fused-ring (bicyclic) bond motifs is 5. The number of hydrogen-bond donors (Lipinski definition) is 0. The number of hydrogen-bond acceptors (Lipinski definition) is 1. The van der Waals surface area contributed by atoms with Gasteiger partial charge in [0.25, 0.3) is 0 Å². The fourth-order valence-corrected chi connectivity index (χ4v) is 8.86. The number of para-hydroxylation sites is 2. The van der Waals surface area contributed by atoms with Crippen LogP contribution in [0.5, 0.6) is 0 Å². The average molecular weight is 448 g/mol. The van der Waals surface area contributed by atoms with Crippen LogP contribution in [0.1, 0.15) is 30.5 Å². The van der Waals surface area contributed by atoms with Gasteiger partial charge in [-0.05, 0) is 51.7 Å². The molecule has 0 spiro atoms. The van der Waals surface area contributed by atoms with Crippen LogP contribution in [-0.2, 0) is 5.41 Å². The monoisotopic (exact) mass is 447 g/mol. The number of nitrogens with zero attached hydrogens (tertiary/aromatic N) is 1. The molecule has 2 heterocycles. The van der Waals surface area contributed by atoms with Crippen LogP contribution in [0.25, 0.3) is 11.1 Å². The molecule has 0 atom stereocenters. The fraction of sp³-hybridized carbons (Fsp3) is 0.226. The van der Waals surface area contributed by atoms with Crippen LogP contribution >= 0.6 is 0 Å². The standard InChI is InChI=1S/C16H17N.C15H16Si/c1-16(2)12-8-4-6-10-14(12)17(3)15-11-7-5-9-13(15)16;1-11-8-9-13-12-6-4-5-7-14(12)16(2,3)15(13)10-11/h4-11H,1-3H3;4-10H,1-3H3. The highest BCUT2D eigenvalue weighted by Gasteiger charge is 2.37. The van der Waals surface area contributed by atoms with Gasteiger partial charge in [0.15, 0.2) is 0 Å². The summed E-state index contributed by atoms with van der Waals surface area (Å²) in [6.07, 6.45) is 0. The summed E-state index contributed by atoms with van der Waals surface area (Å²) >= 11 is 0. The van der Waals surface area contributed by atoms with Gasteiger partial charge in [-0.25, -0.2) is 0 Å². The van der Waals surface area contributed by atoms with Crippen molar-refractivity contribution in [3.8, 4) is 11.1 Å². The predicted octanol–water partition coefficient (Wildman–Crippen LogP) is 6.89. The van der Waals surface area contributed by atoms with Crippen LogP contribution in [0.2, 0.25) is 13.1 Å². The van der Waals surface area contributed by atoms with Gasteiger partial charge < -0.3 is 4.90 Å². The second-order valence-corrected chi connectivity index (χ2v) is 14.8. The van der Waals surface area contributed by atoms with E-state index in [1.165, 1.54) is 39.2 Å². The van der Waals surface area contributed by atoms with E-state index in [-0.39, 0.29) is 5.41 Å². The molecule has 4 aromatic carbocycles. The van der Waals surface area contributed by atoms with E-state index in [1.54, 1.807) is 10.4 Å². The second-order valence-electron chi connectivity index (χ2n) is 10.4. The molecule has 4 aromatic rings. The van der Waals surface area contributed by atoms with E-state index in [2.05, 4.69) is 137 Å². The lowest BCUT2D eigenvalue weighted by molar-refractivity contribution is 0.629. The summed E-state index contributed by atoms with van der Waals surface area (Å²) in [7, 11) is 0.733. The predicted molar refractivity (Wildman–Crippen MR) is 146 cm³/mol. The summed E-state index contributed by atoms with van der Waals surface area (Å²) in [5.41, 5.74) is 9.84. The van der Waals surface area contributed by atoms with Gasteiger partial charge >= 0.3 is 0 Å². The Morgan fingerprint density at radius 2 is 1.15 bits per heavy atom. The van der Waals surface area contributed by atoms with Gasteiger partial charge in [-0.15, -0.1) is 0 Å². The van der Waals surface area contributed by atoms with E-state index in [4.69, 9.17) is 0 Å². The van der Waals surface area contributed by atoms with Gasteiger partial charge in [-0.1, -0.05) is 111 Å². The molecular weight excluding hydrogens is 414 g/mol. The van der Waals surface area contributed by atoms with Crippen LogP contribution < -0.4 is 15.3 Å². The van der Waals surface area contributed by atoms with Crippen molar-refractivity contribution in [2.75, 3.05) is 11.9 Å². The average Bonchev–Trinajstić information content (AvgIpc) is 3.05. The van der Waals surface area contributed by atoms with Crippen molar-refractivity contribution < 1.29 is 0 Å². The minimum Gasteiger partial charge on any atom is -0.344 e. The molecule has 1 nitrogen and oxygen atoms in total. The van der Waals surface area contributed by atoms with Crippen LogP contribution in [0.3, 0.4) is 0 Å². The van der Waals surface area contributed by atoms with Crippen molar-refractivity contribution in [2.45, 2.75) is 39.3 Å². The highest BCUT2D eigenvalue weighted by molar-refractivity contribution is 7.03. The summed E-state index contributed by atoms with van der Waals surface area (Å²) in [6.45, 7) is 11.7. The van der Waals surface area contributed by atoms with E-state index in [0.29, 0.717) is 0 Å². The number of anilines is 2. The van der Waals surface area contributed by atoms with Gasteiger partial charge in [0.1, 0.15) is 8.07 Å². The van der Waals surface area contributed by atoms with Crippen LogP contribution in [-0.4, -0.2) is 15.1 Å². The Morgan fingerprint density at radius 1 is 0.636 bits per heavy atom. The normalized spacial score (nSPS) is 16.0. The molecule has 0 amide bonds. The quantitative estimate of drug-likeness (QED) is 0.265. The van der Waals surface area contributed by atoms with Gasteiger partial charge in [0.05, 0.1) is 0 Å².